The third kappa shape index (κ3) is 2.69. The highest BCUT2D eigenvalue weighted by molar-refractivity contribution is 9.10. The van der Waals surface area contributed by atoms with Crippen molar-refractivity contribution in [2.24, 2.45) is 5.14 Å². The zero-order chi connectivity index (χ0) is 16.1. The van der Waals surface area contributed by atoms with Crippen LogP contribution in [0, 0.1) is 0 Å². The Kier molecular flexibility index (Phi) is 3.84. The van der Waals surface area contributed by atoms with Gasteiger partial charge >= 0.3 is 0 Å². The summed E-state index contributed by atoms with van der Waals surface area (Å²) in [6.07, 6.45) is -0.171. The summed E-state index contributed by atoms with van der Waals surface area (Å²) < 4.78 is 23.6. The molecule has 1 atom stereocenters. The number of rotatable bonds is 2. The van der Waals surface area contributed by atoms with Gasteiger partial charge in [0.1, 0.15) is 11.1 Å². The smallest absolute Gasteiger partial charge is 0.229 e. The number of carbonyl (C=O) groups is 1. The van der Waals surface area contributed by atoms with Crippen LogP contribution < -0.4 is 10.0 Å². The predicted octanol–water partition coefficient (Wildman–Crippen LogP) is 1.44. The lowest BCUT2D eigenvalue weighted by Crippen LogP contribution is -2.32. The Labute approximate surface area is 139 Å². The molecule has 2 aromatic rings. The zero-order valence-corrected chi connectivity index (χ0v) is 14.2. The molecular formula is C12H10BrClN4O3S. The second-order valence-corrected chi connectivity index (χ2v) is 7.91. The lowest BCUT2D eigenvalue weighted by Gasteiger charge is -2.17. The van der Waals surface area contributed by atoms with Crippen LogP contribution in [0.3, 0.4) is 0 Å². The average molecular weight is 406 g/mol. The molecule has 22 heavy (non-hydrogen) atoms. The van der Waals surface area contributed by atoms with Gasteiger partial charge in [0, 0.05) is 22.8 Å². The molecule has 7 nitrogen and oxygen atoms in total. The van der Waals surface area contributed by atoms with Crippen molar-refractivity contribution in [1.29, 1.82) is 0 Å². The zero-order valence-electron chi connectivity index (χ0n) is 11.0. The summed E-state index contributed by atoms with van der Waals surface area (Å²) in [4.78, 5) is 21.7. The van der Waals surface area contributed by atoms with E-state index in [9.17, 15) is 13.2 Å². The molecule has 1 aromatic carbocycles. The molecule has 1 aliphatic heterocycles. The van der Waals surface area contributed by atoms with E-state index >= 15 is 0 Å². The second kappa shape index (κ2) is 5.41. The number of amides is 1. The summed E-state index contributed by atoms with van der Waals surface area (Å²) >= 11 is 9.29. The monoisotopic (exact) mass is 404 g/mol. The first-order valence-corrected chi connectivity index (χ1v) is 8.99. The van der Waals surface area contributed by atoms with Crippen molar-refractivity contribution in [1.82, 2.24) is 9.97 Å². The molecule has 2 heterocycles. The summed E-state index contributed by atoms with van der Waals surface area (Å²) in [6.45, 7) is -0.0490. The van der Waals surface area contributed by atoms with Crippen molar-refractivity contribution in [3.05, 3.63) is 28.0 Å². The van der Waals surface area contributed by atoms with Crippen LogP contribution in [0.5, 0.6) is 0 Å². The molecule has 1 fully saturated rings. The molecule has 0 radical (unpaired) electrons. The molecule has 1 unspecified atom stereocenters. The Bertz CT molecular complexity index is 889. The van der Waals surface area contributed by atoms with Gasteiger partial charge in [0.2, 0.25) is 21.2 Å². The summed E-state index contributed by atoms with van der Waals surface area (Å²) in [7, 11) is -3.80. The van der Waals surface area contributed by atoms with Gasteiger partial charge in [0.15, 0.2) is 0 Å². The number of nitrogens with zero attached hydrogens (tertiary/aromatic N) is 3. The minimum atomic E-state index is -3.80. The summed E-state index contributed by atoms with van der Waals surface area (Å²) in [6, 6.07) is 5.29. The van der Waals surface area contributed by atoms with Crippen LogP contribution in [-0.2, 0) is 14.8 Å². The molecule has 0 aliphatic carbocycles. The third-order valence-corrected chi connectivity index (χ3v) is 5.49. The fraction of sp³-hybridized carbons (Fsp3) is 0.250. The first-order chi connectivity index (χ1) is 10.3. The SMILES string of the molecule is NS(=O)(=O)C1CC(=O)N(c2nc(Cl)nc3c(Br)cccc23)C1. The van der Waals surface area contributed by atoms with Crippen molar-refractivity contribution in [3.63, 3.8) is 0 Å². The standard InChI is InChI=1S/C12H10BrClN4O3S/c13-8-3-1-2-7-10(8)16-12(14)17-11(7)18-5-6(4-9(18)19)22(15,20)21/h1-3,6H,4-5H2,(H2,15,20,21). The molecule has 3 rings (SSSR count). The molecule has 1 aromatic heterocycles. The van der Waals surface area contributed by atoms with Crippen LogP contribution in [0.15, 0.2) is 22.7 Å². The van der Waals surface area contributed by atoms with Gasteiger partial charge in [-0.15, -0.1) is 0 Å². The predicted molar refractivity (Wildman–Crippen MR) is 86.1 cm³/mol. The molecule has 10 heteroatoms. The molecule has 0 bridgehead atoms. The van der Waals surface area contributed by atoms with Crippen LogP contribution >= 0.6 is 27.5 Å². The van der Waals surface area contributed by atoms with Crippen molar-refractivity contribution in [2.75, 3.05) is 11.4 Å². The van der Waals surface area contributed by atoms with Gasteiger partial charge in [-0.25, -0.2) is 18.5 Å². The molecule has 116 valence electrons. The van der Waals surface area contributed by atoms with Gasteiger partial charge in [0.05, 0.1) is 5.52 Å². The Balaban J connectivity index is 2.15. The largest absolute Gasteiger partial charge is 0.295 e. The molecule has 1 amide bonds. The number of para-hydroxylation sites is 1. The van der Waals surface area contributed by atoms with Gasteiger partial charge in [-0.2, -0.15) is 4.98 Å². The van der Waals surface area contributed by atoms with Crippen LogP contribution in [0.4, 0.5) is 5.82 Å². The minimum absolute atomic E-state index is 0.0266. The topological polar surface area (TPSA) is 106 Å². The normalized spacial score (nSPS) is 19.1. The Morgan fingerprint density at radius 2 is 2.09 bits per heavy atom. The maximum Gasteiger partial charge on any atom is 0.229 e. The maximum absolute atomic E-state index is 12.2. The molecule has 0 saturated carbocycles. The van der Waals surface area contributed by atoms with Gasteiger partial charge in [-0.3, -0.25) is 9.69 Å². The number of fused-ring (bicyclic) bond motifs is 1. The molecule has 2 N–H and O–H groups in total. The summed E-state index contributed by atoms with van der Waals surface area (Å²) in [5.74, 6) is -0.0810. The molecule has 0 spiro atoms. The summed E-state index contributed by atoms with van der Waals surface area (Å²) in [5.41, 5.74) is 0.546. The number of hydrogen-bond donors (Lipinski definition) is 1. The van der Waals surface area contributed by atoms with E-state index in [-0.39, 0.29) is 30.0 Å². The summed E-state index contributed by atoms with van der Waals surface area (Å²) in [5, 5.41) is 4.76. The van der Waals surface area contributed by atoms with E-state index in [2.05, 4.69) is 25.9 Å². The highest BCUT2D eigenvalue weighted by Crippen LogP contribution is 2.32. The number of sulfonamides is 1. The second-order valence-electron chi connectivity index (χ2n) is 4.87. The van der Waals surface area contributed by atoms with Crippen LogP contribution in [-0.4, -0.2) is 36.1 Å². The fourth-order valence-corrected chi connectivity index (χ4v) is 3.73. The van der Waals surface area contributed by atoms with E-state index < -0.39 is 15.3 Å². The van der Waals surface area contributed by atoms with Gasteiger partial charge in [-0.05, 0) is 39.7 Å². The molecule has 1 aliphatic rings. The average Bonchev–Trinajstić information content (AvgIpc) is 2.81. The number of carbonyl (C=O) groups excluding carboxylic acids is 1. The lowest BCUT2D eigenvalue weighted by molar-refractivity contribution is -0.117. The van der Waals surface area contributed by atoms with Gasteiger partial charge < -0.3 is 0 Å². The van der Waals surface area contributed by atoms with E-state index in [1.54, 1.807) is 18.2 Å². The number of benzene rings is 1. The minimum Gasteiger partial charge on any atom is -0.295 e. The van der Waals surface area contributed by atoms with Crippen LogP contribution in [0.25, 0.3) is 10.9 Å². The van der Waals surface area contributed by atoms with E-state index in [1.165, 1.54) is 4.90 Å². The van der Waals surface area contributed by atoms with E-state index in [0.717, 1.165) is 0 Å². The first kappa shape index (κ1) is 15.6. The Hall–Kier alpha value is -1.29. The molecule has 1 saturated heterocycles. The van der Waals surface area contributed by atoms with E-state index in [1.807, 2.05) is 0 Å². The number of halogens is 2. The van der Waals surface area contributed by atoms with Gasteiger partial charge in [-0.1, -0.05) is 6.07 Å². The van der Waals surface area contributed by atoms with Crippen molar-refractivity contribution >= 4 is 60.2 Å². The fourth-order valence-electron chi connectivity index (χ4n) is 2.38. The number of nitrogens with two attached hydrogens (primary N) is 1. The highest BCUT2D eigenvalue weighted by atomic mass is 79.9. The van der Waals surface area contributed by atoms with Gasteiger partial charge in [0.25, 0.3) is 0 Å². The number of primary sulfonamides is 1. The van der Waals surface area contributed by atoms with Crippen LogP contribution in [0.1, 0.15) is 6.42 Å². The number of anilines is 1. The molecular weight excluding hydrogens is 396 g/mol. The Morgan fingerprint density at radius 1 is 1.36 bits per heavy atom. The number of aromatic nitrogens is 2. The first-order valence-electron chi connectivity index (χ1n) is 6.21. The van der Waals surface area contributed by atoms with Crippen molar-refractivity contribution < 1.29 is 13.2 Å². The Morgan fingerprint density at radius 3 is 2.73 bits per heavy atom. The van der Waals surface area contributed by atoms with Crippen LogP contribution in [0.2, 0.25) is 5.28 Å². The van der Waals surface area contributed by atoms with E-state index in [0.29, 0.717) is 15.4 Å². The quantitative estimate of drug-likeness (QED) is 0.761. The van der Waals surface area contributed by atoms with E-state index in [4.69, 9.17) is 16.7 Å². The number of hydrogen-bond acceptors (Lipinski definition) is 5. The lowest BCUT2D eigenvalue weighted by atomic mass is 10.2. The highest BCUT2D eigenvalue weighted by Gasteiger charge is 2.38. The maximum atomic E-state index is 12.2. The van der Waals surface area contributed by atoms with Crippen molar-refractivity contribution in [3.8, 4) is 0 Å². The third-order valence-electron chi connectivity index (χ3n) is 3.44. The van der Waals surface area contributed by atoms with Crippen molar-refractivity contribution in [2.45, 2.75) is 11.7 Å².